The maximum atomic E-state index is 12.4. The first-order valence-electron chi connectivity index (χ1n) is 7.71. The lowest BCUT2D eigenvalue weighted by Gasteiger charge is -2.16. The minimum atomic E-state index is -0.238. The second-order valence-electron chi connectivity index (χ2n) is 5.40. The third-order valence-electron chi connectivity index (χ3n) is 3.64. The van der Waals surface area contributed by atoms with Crippen molar-refractivity contribution in [3.63, 3.8) is 0 Å². The molecule has 23 heavy (non-hydrogen) atoms. The lowest BCUT2D eigenvalue weighted by atomic mass is 10.2. The summed E-state index contributed by atoms with van der Waals surface area (Å²) in [7, 11) is 0. The van der Waals surface area contributed by atoms with E-state index in [9.17, 15) is 9.59 Å². The van der Waals surface area contributed by atoms with Gasteiger partial charge in [-0.05, 0) is 31.0 Å². The van der Waals surface area contributed by atoms with Crippen LogP contribution in [-0.4, -0.2) is 28.6 Å². The van der Waals surface area contributed by atoms with Crippen molar-refractivity contribution in [2.45, 2.75) is 32.6 Å². The standard InChI is InChI=1S/C16H18N4O2S/c1-2-5-13-18-19-16(23-13)17-15(22)11-6-3-7-12(10-11)20-9-4-8-14(20)21/h3,6-7,10H,2,4-5,8-9H2,1H3,(H,17,19,22). The SMILES string of the molecule is CCCc1nnc(NC(=O)c2cccc(N3CCCC3=O)c2)s1. The molecule has 0 bridgehead atoms. The zero-order chi connectivity index (χ0) is 16.2. The molecule has 3 rings (SSSR count). The van der Waals surface area contributed by atoms with Crippen LogP contribution in [0.2, 0.25) is 0 Å². The largest absolute Gasteiger partial charge is 0.312 e. The molecule has 0 spiro atoms. The van der Waals surface area contributed by atoms with Gasteiger partial charge in [0.05, 0.1) is 0 Å². The van der Waals surface area contributed by atoms with Crippen molar-refractivity contribution in [1.29, 1.82) is 0 Å². The van der Waals surface area contributed by atoms with Crippen LogP contribution in [-0.2, 0) is 11.2 Å². The van der Waals surface area contributed by atoms with Gasteiger partial charge in [-0.15, -0.1) is 10.2 Å². The van der Waals surface area contributed by atoms with Crippen molar-refractivity contribution >= 4 is 34.0 Å². The van der Waals surface area contributed by atoms with Crippen LogP contribution in [0.3, 0.4) is 0 Å². The van der Waals surface area contributed by atoms with E-state index in [2.05, 4.69) is 22.4 Å². The van der Waals surface area contributed by atoms with Crippen LogP contribution in [0.4, 0.5) is 10.8 Å². The summed E-state index contributed by atoms with van der Waals surface area (Å²) in [4.78, 5) is 25.9. The molecule has 120 valence electrons. The van der Waals surface area contributed by atoms with E-state index in [0.29, 0.717) is 23.7 Å². The normalized spacial score (nSPS) is 14.3. The molecule has 1 aromatic carbocycles. The highest BCUT2D eigenvalue weighted by molar-refractivity contribution is 7.15. The number of benzene rings is 1. The highest BCUT2D eigenvalue weighted by Gasteiger charge is 2.22. The molecule has 0 unspecified atom stereocenters. The molecular formula is C16H18N4O2S. The van der Waals surface area contributed by atoms with Gasteiger partial charge in [0, 0.05) is 30.6 Å². The fourth-order valence-corrected chi connectivity index (χ4v) is 3.36. The Morgan fingerprint density at radius 3 is 3.00 bits per heavy atom. The summed E-state index contributed by atoms with van der Waals surface area (Å²) in [6.07, 6.45) is 3.29. The van der Waals surface area contributed by atoms with E-state index in [1.165, 1.54) is 11.3 Å². The molecule has 1 fully saturated rings. The van der Waals surface area contributed by atoms with Crippen LogP contribution in [0.25, 0.3) is 0 Å². The highest BCUT2D eigenvalue weighted by Crippen LogP contribution is 2.23. The molecule has 1 aliphatic rings. The number of carbonyl (C=O) groups is 2. The van der Waals surface area contributed by atoms with Gasteiger partial charge in [0.25, 0.3) is 5.91 Å². The van der Waals surface area contributed by atoms with Gasteiger partial charge >= 0.3 is 0 Å². The fourth-order valence-electron chi connectivity index (χ4n) is 2.52. The van der Waals surface area contributed by atoms with Gasteiger partial charge in [-0.1, -0.05) is 24.3 Å². The lowest BCUT2D eigenvalue weighted by molar-refractivity contribution is -0.117. The van der Waals surface area contributed by atoms with Gasteiger partial charge in [0.1, 0.15) is 5.01 Å². The minimum Gasteiger partial charge on any atom is -0.312 e. The highest BCUT2D eigenvalue weighted by atomic mass is 32.1. The summed E-state index contributed by atoms with van der Waals surface area (Å²) in [5.74, 6) is -0.131. The summed E-state index contributed by atoms with van der Waals surface area (Å²) < 4.78 is 0. The summed E-state index contributed by atoms with van der Waals surface area (Å²) in [5, 5.41) is 12.2. The van der Waals surface area contributed by atoms with Crippen LogP contribution >= 0.6 is 11.3 Å². The molecule has 1 aliphatic heterocycles. The fraction of sp³-hybridized carbons (Fsp3) is 0.375. The Hall–Kier alpha value is -2.28. The molecule has 0 radical (unpaired) electrons. The molecule has 0 saturated carbocycles. The van der Waals surface area contributed by atoms with Crippen LogP contribution in [0.15, 0.2) is 24.3 Å². The van der Waals surface area contributed by atoms with E-state index in [4.69, 9.17) is 0 Å². The number of carbonyl (C=O) groups excluding carboxylic acids is 2. The molecular weight excluding hydrogens is 312 g/mol. The maximum Gasteiger partial charge on any atom is 0.257 e. The third kappa shape index (κ3) is 3.56. The number of anilines is 2. The van der Waals surface area contributed by atoms with Gasteiger partial charge < -0.3 is 4.90 Å². The van der Waals surface area contributed by atoms with E-state index in [1.54, 1.807) is 23.1 Å². The second-order valence-corrected chi connectivity index (χ2v) is 6.47. The number of amides is 2. The monoisotopic (exact) mass is 330 g/mol. The van der Waals surface area contributed by atoms with Crippen LogP contribution in [0.5, 0.6) is 0 Å². The topological polar surface area (TPSA) is 75.2 Å². The number of aromatic nitrogens is 2. The van der Waals surface area contributed by atoms with Crippen molar-refractivity contribution in [3.05, 3.63) is 34.8 Å². The molecule has 6 nitrogen and oxygen atoms in total. The lowest BCUT2D eigenvalue weighted by Crippen LogP contribution is -2.24. The summed E-state index contributed by atoms with van der Waals surface area (Å²) in [6, 6.07) is 7.11. The molecule has 0 atom stereocenters. The first-order valence-corrected chi connectivity index (χ1v) is 8.53. The maximum absolute atomic E-state index is 12.4. The molecule has 1 aromatic heterocycles. The third-order valence-corrected chi connectivity index (χ3v) is 4.54. The average molecular weight is 330 g/mol. The first kappa shape index (κ1) is 15.6. The summed E-state index contributed by atoms with van der Waals surface area (Å²) in [5.41, 5.74) is 1.28. The molecule has 2 amide bonds. The van der Waals surface area contributed by atoms with Gasteiger partial charge in [-0.2, -0.15) is 0 Å². The van der Waals surface area contributed by atoms with Crippen molar-refractivity contribution in [1.82, 2.24) is 10.2 Å². The quantitative estimate of drug-likeness (QED) is 0.914. The molecule has 2 heterocycles. The number of nitrogens with zero attached hydrogens (tertiary/aromatic N) is 3. The van der Waals surface area contributed by atoms with Gasteiger partial charge in [-0.25, -0.2) is 0 Å². The van der Waals surface area contributed by atoms with Crippen LogP contribution in [0.1, 0.15) is 41.6 Å². The van der Waals surface area contributed by atoms with Crippen molar-refractivity contribution < 1.29 is 9.59 Å². The Morgan fingerprint density at radius 2 is 2.26 bits per heavy atom. The number of rotatable bonds is 5. The number of aryl methyl sites for hydroxylation is 1. The Labute approximate surface area is 138 Å². The average Bonchev–Trinajstić information content (AvgIpc) is 3.17. The zero-order valence-corrected chi connectivity index (χ0v) is 13.7. The predicted octanol–water partition coefficient (Wildman–Crippen LogP) is 2.87. The number of hydrogen-bond acceptors (Lipinski definition) is 5. The summed E-state index contributed by atoms with van der Waals surface area (Å²) >= 11 is 1.39. The van der Waals surface area contributed by atoms with Crippen LogP contribution < -0.4 is 10.2 Å². The van der Waals surface area contributed by atoms with E-state index in [-0.39, 0.29) is 11.8 Å². The Morgan fingerprint density at radius 1 is 1.39 bits per heavy atom. The minimum absolute atomic E-state index is 0.107. The predicted molar refractivity (Wildman–Crippen MR) is 89.9 cm³/mol. The van der Waals surface area contributed by atoms with Crippen molar-refractivity contribution in [3.8, 4) is 0 Å². The Bertz CT molecular complexity index is 728. The second kappa shape index (κ2) is 6.87. The van der Waals surface area contributed by atoms with Gasteiger partial charge in [0.15, 0.2) is 0 Å². The van der Waals surface area contributed by atoms with E-state index in [1.807, 2.05) is 6.07 Å². The smallest absolute Gasteiger partial charge is 0.257 e. The summed E-state index contributed by atoms with van der Waals surface area (Å²) in [6.45, 7) is 2.78. The van der Waals surface area contributed by atoms with E-state index >= 15 is 0 Å². The first-order chi connectivity index (χ1) is 11.2. The molecule has 7 heteroatoms. The van der Waals surface area contributed by atoms with Crippen LogP contribution in [0, 0.1) is 0 Å². The van der Waals surface area contributed by atoms with Crippen molar-refractivity contribution in [2.24, 2.45) is 0 Å². The number of hydrogen-bond donors (Lipinski definition) is 1. The van der Waals surface area contributed by atoms with E-state index < -0.39 is 0 Å². The molecule has 2 aromatic rings. The Kier molecular flexibility index (Phi) is 4.66. The molecule has 0 aliphatic carbocycles. The van der Waals surface area contributed by atoms with E-state index in [0.717, 1.165) is 30.0 Å². The Balaban J connectivity index is 1.72. The molecule has 1 N–H and O–H groups in total. The zero-order valence-electron chi connectivity index (χ0n) is 12.9. The number of nitrogens with one attached hydrogen (secondary N) is 1. The van der Waals surface area contributed by atoms with Gasteiger partial charge in [0.2, 0.25) is 11.0 Å². The van der Waals surface area contributed by atoms with Gasteiger partial charge in [-0.3, -0.25) is 14.9 Å². The van der Waals surface area contributed by atoms with Crippen molar-refractivity contribution in [2.75, 3.05) is 16.8 Å². The molecule has 1 saturated heterocycles.